The predicted octanol–water partition coefficient (Wildman–Crippen LogP) is 4.12. The number of hydrogen-bond acceptors (Lipinski definition) is 5. The van der Waals surface area contributed by atoms with E-state index in [1.54, 1.807) is 25.3 Å². The lowest BCUT2D eigenvalue weighted by molar-refractivity contribution is -0.137. The van der Waals surface area contributed by atoms with Crippen LogP contribution in [0.5, 0.6) is 0 Å². The minimum absolute atomic E-state index is 0.00917. The number of fused-ring (bicyclic) bond motifs is 1. The highest BCUT2D eigenvalue weighted by Crippen LogP contribution is 2.38. The van der Waals surface area contributed by atoms with E-state index in [1.807, 2.05) is 35.9 Å². The number of amides is 1. The summed E-state index contributed by atoms with van der Waals surface area (Å²) in [5.74, 6) is -0.968. The molecule has 0 atom stereocenters. The first-order valence-electron chi connectivity index (χ1n) is 13.0. The van der Waals surface area contributed by atoms with Crippen molar-refractivity contribution in [1.29, 1.82) is 0 Å². The second-order valence-electron chi connectivity index (χ2n) is 9.94. The molecule has 2 aromatic carbocycles. The van der Waals surface area contributed by atoms with Gasteiger partial charge in [-0.15, -0.1) is 0 Å². The number of nitrogens with zero attached hydrogens (tertiary/aromatic N) is 1. The summed E-state index contributed by atoms with van der Waals surface area (Å²) in [5, 5.41) is 13.0. The van der Waals surface area contributed by atoms with Crippen molar-refractivity contribution in [2.45, 2.75) is 49.5 Å². The van der Waals surface area contributed by atoms with Gasteiger partial charge >= 0.3 is 5.97 Å². The van der Waals surface area contributed by atoms with E-state index >= 15 is 0 Å². The lowest BCUT2D eigenvalue weighted by Gasteiger charge is -2.28. The SMILES string of the molecule is COCCNC(=O)C1CCC(NS(=O)(=O)c2ccc3c(Cl)c(-c4ccc(CCC(=O)O)cc4)n(C)c3c2)CC1. The Balaban J connectivity index is 1.47. The Morgan fingerprint density at radius 3 is 2.44 bits per heavy atom. The van der Waals surface area contributed by atoms with Crippen molar-refractivity contribution >= 4 is 44.4 Å². The number of carboxylic acid groups (broad SMARTS) is 1. The summed E-state index contributed by atoms with van der Waals surface area (Å²) in [6, 6.07) is 12.2. The molecule has 0 radical (unpaired) electrons. The minimum Gasteiger partial charge on any atom is -0.481 e. The number of carbonyl (C=O) groups is 2. The number of aryl methyl sites for hydroxylation is 2. The van der Waals surface area contributed by atoms with Gasteiger partial charge in [-0.3, -0.25) is 9.59 Å². The maximum atomic E-state index is 13.3. The largest absolute Gasteiger partial charge is 0.481 e. The lowest BCUT2D eigenvalue weighted by atomic mass is 9.86. The maximum Gasteiger partial charge on any atom is 0.303 e. The Kier molecular flexibility index (Phi) is 9.32. The summed E-state index contributed by atoms with van der Waals surface area (Å²) in [7, 11) is -0.362. The van der Waals surface area contributed by atoms with Crippen LogP contribution in [-0.4, -0.2) is 56.3 Å². The molecule has 1 aromatic heterocycles. The predicted molar refractivity (Wildman–Crippen MR) is 150 cm³/mol. The minimum atomic E-state index is -3.78. The van der Waals surface area contributed by atoms with Gasteiger partial charge in [0.2, 0.25) is 15.9 Å². The molecule has 1 aliphatic carbocycles. The number of aromatic nitrogens is 1. The van der Waals surface area contributed by atoms with Crippen LogP contribution in [0.3, 0.4) is 0 Å². The zero-order valence-corrected chi connectivity index (χ0v) is 23.6. The van der Waals surface area contributed by atoms with Gasteiger partial charge in [0.05, 0.1) is 27.7 Å². The van der Waals surface area contributed by atoms with Gasteiger partial charge < -0.3 is 19.7 Å². The van der Waals surface area contributed by atoms with E-state index in [-0.39, 0.29) is 29.2 Å². The first-order valence-corrected chi connectivity index (χ1v) is 14.8. The van der Waals surface area contributed by atoms with Crippen molar-refractivity contribution in [2.75, 3.05) is 20.3 Å². The summed E-state index contributed by atoms with van der Waals surface area (Å²) in [5.41, 5.74) is 3.20. The molecule has 1 fully saturated rings. The van der Waals surface area contributed by atoms with E-state index in [2.05, 4.69) is 10.0 Å². The highest BCUT2D eigenvalue weighted by molar-refractivity contribution is 7.89. The molecule has 0 bridgehead atoms. The molecule has 210 valence electrons. The summed E-state index contributed by atoms with van der Waals surface area (Å²) >= 11 is 6.74. The third kappa shape index (κ3) is 6.81. The molecule has 0 spiro atoms. The van der Waals surface area contributed by atoms with Crippen LogP contribution >= 0.6 is 11.6 Å². The molecule has 0 aliphatic heterocycles. The van der Waals surface area contributed by atoms with Crippen molar-refractivity contribution in [3.8, 4) is 11.3 Å². The molecule has 1 aliphatic rings. The van der Waals surface area contributed by atoms with Gasteiger partial charge in [-0.25, -0.2) is 13.1 Å². The van der Waals surface area contributed by atoms with Crippen LogP contribution in [0.15, 0.2) is 47.4 Å². The van der Waals surface area contributed by atoms with Crippen molar-refractivity contribution in [1.82, 2.24) is 14.6 Å². The third-order valence-corrected chi connectivity index (χ3v) is 9.20. The average Bonchev–Trinajstić information content (AvgIpc) is 3.17. The van der Waals surface area contributed by atoms with Crippen molar-refractivity contribution in [3.63, 3.8) is 0 Å². The fourth-order valence-corrected chi connectivity index (χ4v) is 6.84. The van der Waals surface area contributed by atoms with Gasteiger partial charge in [0.1, 0.15) is 0 Å². The highest BCUT2D eigenvalue weighted by atomic mass is 35.5. The topological polar surface area (TPSA) is 127 Å². The number of ether oxygens (including phenoxy) is 1. The second kappa shape index (κ2) is 12.5. The number of aliphatic carboxylic acids is 1. The molecule has 11 heteroatoms. The average molecular weight is 576 g/mol. The second-order valence-corrected chi connectivity index (χ2v) is 12.0. The molecule has 3 N–H and O–H groups in total. The number of rotatable bonds is 11. The van der Waals surface area contributed by atoms with Crippen LogP contribution < -0.4 is 10.0 Å². The molecule has 0 unspecified atom stereocenters. The van der Waals surface area contributed by atoms with Crippen LogP contribution in [-0.2, 0) is 37.8 Å². The first-order chi connectivity index (χ1) is 18.6. The van der Waals surface area contributed by atoms with Crippen LogP contribution in [0.1, 0.15) is 37.7 Å². The van der Waals surface area contributed by atoms with Crippen LogP contribution in [0.4, 0.5) is 0 Å². The first kappa shape index (κ1) is 29.1. The standard InChI is InChI=1S/C28H34ClN3O6S/c1-32-24-17-22(39(36,37)31-21-10-8-20(9-11-21)28(35)30-15-16-38-2)12-13-23(24)26(29)27(32)19-6-3-18(4-7-19)5-14-25(33)34/h3-4,6-7,12-13,17,20-21,31H,5,8-11,14-16H2,1-2H3,(H,30,35)(H,33,34). The lowest BCUT2D eigenvalue weighted by Crippen LogP contribution is -2.41. The zero-order chi connectivity index (χ0) is 28.2. The van der Waals surface area contributed by atoms with Gasteiger partial charge in [-0.05, 0) is 61.4 Å². The van der Waals surface area contributed by atoms with Gasteiger partial charge in [-0.2, -0.15) is 0 Å². The van der Waals surface area contributed by atoms with Crippen molar-refractivity contribution in [3.05, 3.63) is 53.1 Å². The zero-order valence-electron chi connectivity index (χ0n) is 22.1. The van der Waals surface area contributed by atoms with Crippen molar-refractivity contribution in [2.24, 2.45) is 13.0 Å². The van der Waals surface area contributed by atoms with E-state index in [0.717, 1.165) is 22.2 Å². The molecule has 3 aromatic rings. The molecular formula is C28H34ClN3O6S. The molecule has 39 heavy (non-hydrogen) atoms. The Bertz CT molecular complexity index is 1440. The maximum absolute atomic E-state index is 13.3. The van der Waals surface area contributed by atoms with Crippen LogP contribution in [0, 0.1) is 5.92 Å². The Morgan fingerprint density at radius 2 is 1.79 bits per heavy atom. The number of carboxylic acids is 1. The molecule has 1 heterocycles. The number of benzene rings is 2. The Morgan fingerprint density at radius 1 is 1.10 bits per heavy atom. The number of nitrogens with one attached hydrogen (secondary N) is 2. The fraction of sp³-hybridized carbons (Fsp3) is 0.429. The molecule has 0 saturated heterocycles. The quantitative estimate of drug-likeness (QED) is 0.295. The smallest absolute Gasteiger partial charge is 0.303 e. The van der Waals surface area contributed by atoms with Gasteiger partial charge in [0.25, 0.3) is 0 Å². The highest BCUT2D eigenvalue weighted by Gasteiger charge is 2.29. The Hall–Kier alpha value is -2.92. The van der Waals surface area contributed by atoms with Gasteiger partial charge in [-0.1, -0.05) is 35.9 Å². The number of sulfonamides is 1. The number of halogens is 1. The number of methoxy groups -OCH3 is 1. The molecule has 1 amide bonds. The number of hydrogen-bond donors (Lipinski definition) is 3. The number of carbonyl (C=O) groups excluding carboxylic acids is 1. The van der Waals surface area contributed by atoms with Gasteiger partial charge in [0.15, 0.2) is 0 Å². The third-order valence-electron chi connectivity index (χ3n) is 7.30. The van der Waals surface area contributed by atoms with E-state index in [0.29, 0.717) is 55.8 Å². The van der Waals surface area contributed by atoms with Crippen LogP contribution in [0.25, 0.3) is 22.2 Å². The summed E-state index contributed by atoms with van der Waals surface area (Å²) in [4.78, 5) is 23.3. The molecular weight excluding hydrogens is 542 g/mol. The Labute approximate surface area is 233 Å². The summed E-state index contributed by atoms with van der Waals surface area (Å²) < 4.78 is 36.2. The monoisotopic (exact) mass is 575 g/mol. The van der Waals surface area contributed by atoms with E-state index in [4.69, 9.17) is 21.4 Å². The van der Waals surface area contributed by atoms with E-state index < -0.39 is 16.0 Å². The molecule has 1 saturated carbocycles. The fourth-order valence-electron chi connectivity index (χ4n) is 5.12. The van der Waals surface area contributed by atoms with E-state index in [1.165, 1.54) is 0 Å². The molecule has 9 nitrogen and oxygen atoms in total. The molecule has 4 rings (SSSR count). The normalized spacial score (nSPS) is 17.8. The summed E-state index contributed by atoms with van der Waals surface area (Å²) in [6.07, 6.45) is 2.92. The van der Waals surface area contributed by atoms with Crippen LogP contribution in [0.2, 0.25) is 5.02 Å². The van der Waals surface area contributed by atoms with Crippen molar-refractivity contribution < 1.29 is 27.9 Å². The summed E-state index contributed by atoms with van der Waals surface area (Å²) in [6.45, 7) is 0.924. The van der Waals surface area contributed by atoms with E-state index in [9.17, 15) is 18.0 Å². The van der Waals surface area contributed by atoms with Gasteiger partial charge in [0, 0.05) is 44.5 Å².